The molecule has 0 bridgehead atoms. The number of hydrogen-bond donors (Lipinski definition) is 2. The van der Waals surface area contributed by atoms with Gasteiger partial charge in [0.05, 0.1) is 17.4 Å². The van der Waals surface area contributed by atoms with Crippen molar-refractivity contribution in [3.05, 3.63) is 24.0 Å². The maximum absolute atomic E-state index is 8.97. The third-order valence-electron chi connectivity index (χ3n) is 2.53. The summed E-state index contributed by atoms with van der Waals surface area (Å²) in [5.74, 6) is 0.388. The van der Waals surface area contributed by atoms with Crippen LogP contribution in [0.15, 0.2) is 18.5 Å². The molecule has 0 spiro atoms. The van der Waals surface area contributed by atoms with Crippen molar-refractivity contribution in [3.63, 3.8) is 0 Å². The van der Waals surface area contributed by atoms with Gasteiger partial charge in [0.1, 0.15) is 6.07 Å². The number of aliphatic hydroxyl groups is 1. The molecule has 1 unspecified atom stereocenters. The predicted octanol–water partition coefficient (Wildman–Crippen LogP) is 1.77. The number of anilines is 1. The Balaban J connectivity index is 2.81. The van der Waals surface area contributed by atoms with Gasteiger partial charge in [0.25, 0.3) is 0 Å². The highest BCUT2D eigenvalue weighted by Crippen LogP contribution is 2.17. The van der Waals surface area contributed by atoms with Gasteiger partial charge in [-0.1, -0.05) is 13.8 Å². The molecule has 0 radical (unpaired) electrons. The Bertz CT molecular complexity index is 371. The minimum atomic E-state index is 0.137. The van der Waals surface area contributed by atoms with Gasteiger partial charge in [0, 0.05) is 18.8 Å². The van der Waals surface area contributed by atoms with Crippen LogP contribution in [-0.4, -0.2) is 22.7 Å². The summed E-state index contributed by atoms with van der Waals surface area (Å²) in [6.45, 7) is 4.30. The van der Waals surface area contributed by atoms with Crippen molar-refractivity contribution in [3.8, 4) is 6.07 Å². The standard InChI is InChI=1S/C12H17N3O/c1-9(2)11(4-6-16)15-12-8-14-5-3-10(12)7-13/h3,5,8-9,11,15-16H,4,6H2,1-2H3. The first-order valence-electron chi connectivity index (χ1n) is 5.40. The molecule has 0 aliphatic rings. The average molecular weight is 219 g/mol. The van der Waals surface area contributed by atoms with Gasteiger partial charge in [-0.05, 0) is 18.4 Å². The number of nitrogens with zero attached hydrogens (tertiary/aromatic N) is 2. The van der Waals surface area contributed by atoms with Crippen molar-refractivity contribution in [1.29, 1.82) is 5.26 Å². The van der Waals surface area contributed by atoms with E-state index in [0.29, 0.717) is 17.9 Å². The molecule has 1 aromatic rings. The Morgan fingerprint density at radius 3 is 2.88 bits per heavy atom. The second-order valence-corrected chi connectivity index (χ2v) is 4.04. The maximum Gasteiger partial charge on any atom is 0.101 e. The SMILES string of the molecule is CC(C)C(CCO)Nc1cnccc1C#N. The second-order valence-electron chi connectivity index (χ2n) is 4.04. The lowest BCUT2D eigenvalue weighted by molar-refractivity contribution is 0.267. The molecule has 0 aliphatic heterocycles. The molecule has 1 atom stereocenters. The number of aromatic nitrogens is 1. The fraction of sp³-hybridized carbons (Fsp3) is 0.500. The zero-order valence-corrected chi connectivity index (χ0v) is 9.64. The molecule has 0 fully saturated rings. The summed E-state index contributed by atoms with van der Waals surface area (Å²) in [5, 5.41) is 21.2. The van der Waals surface area contributed by atoms with Gasteiger partial charge >= 0.3 is 0 Å². The molecule has 0 aromatic carbocycles. The first-order valence-corrected chi connectivity index (χ1v) is 5.40. The second kappa shape index (κ2) is 6.09. The summed E-state index contributed by atoms with van der Waals surface area (Å²) in [4.78, 5) is 3.99. The maximum atomic E-state index is 8.97. The minimum absolute atomic E-state index is 0.137. The third-order valence-corrected chi connectivity index (χ3v) is 2.53. The summed E-state index contributed by atoms with van der Waals surface area (Å²) in [7, 11) is 0. The van der Waals surface area contributed by atoms with Crippen LogP contribution in [0.4, 0.5) is 5.69 Å². The fourth-order valence-corrected chi connectivity index (χ4v) is 1.52. The normalized spacial score (nSPS) is 12.2. The van der Waals surface area contributed by atoms with E-state index in [1.54, 1.807) is 18.5 Å². The van der Waals surface area contributed by atoms with Crippen LogP contribution in [-0.2, 0) is 0 Å². The fourth-order valence-electron chi connectivity index (χ4n) is 1.52. The molecular weight excluding hydrogens is 202 g/mol. The van der Waals surface area contributed by atoms with Gasteiger partial charge in [-0.2, -0.15) is 5.26 Å². The summed E-state index contributed by atoms with van der Waals surface area (Å²) >= 11 is 0. The van der Waals surface area contributed by atoms with Crippen LogP contribution in [0.2, 0.25) is 0 Å². The van der Waals surface area contributed by atoms with Crippen LogP contribution in [0, 0.1) is 17.2 Å². The molecule has 86 valence electrons. The van der Waals surface area contributed by atoms with Crippen LogP contribution >= 0.6 is 0 Å². The molecule has 0 amide bonds. The van der Waals surface area contributed by atoms with Crippen molar-refractivity contribution < 1.29 is 5.11 Å². The number of aliphatic hydroxyl groups excluding tert-OH is 1. The van der Waals surface area contributed by atoms with Crippen molar-refractivity contribution in [2.24, 2.45) is 5.92 Å². The molecule has 4 heteroatoms. The predicted molar refractivity (Wildman–Crippen MR) is 62.9 cm³/mol. The van der Waals surface area contributed by atoms with E-state index in [2.05, 4.69) is 30.2 Å². The average Bonchev–Trinajstić information content (AvgIpc) is 2.29. The molecule has 16 heavy (non-hydrogen) atoms. The Morgan fingerprint density at radius 1 is 1.56 bits per heavy atom. The van der Waals surface area contributed by atoms with E-state index in [9.17, 15) is 0 Å². The topological polar surface area (TPSA) is 68.9 Å². The van der Waals surface area contributed by atoms with E-state index < -0.39 is 0 Å². The quantitative estimate of drug-likeness (QED) is 0.792. The van der Waals surface area contributed by atoms with Gasteiger partial charge in [0.15, 0.2) is 0 Å². The van der Waals surface area contributed by atoms with Crippen LogP contribution in [0.1, 0.15) is 25.8 Å². The van der Waals surface area contributed by atoms with Crippen LogP contribution in [0.25, 0.3) is 0 Å². The van der Waals surface area contributed by atoms with Gasteiger partial charge in [-0.15, -0.1) is 0 Å². The zero-order valence-electron chi connectivity index (χ0n) is 9.64. The van der Waals surface area contributed by atoms with Crippen molar-refractivity contribution in [2.45, 2.75) is 26.3 Å². The lowest BCUT2D eigenvalue weighted by atomic mass is 10.0. The van der Waals surface area contributed by atoms with Gasteiger partial charge in [0.2, 0.25) is 0 Å². The first kappa shape index (κ1) is 12.5. The zero-order chi connectivity index (χ0) is 12.0. The summed E-state index contributed by atoms with van der Waals surface area (Å²) < 4.78 is 0. The monoisotopic (exact) mass is 219 g/mol. The van der Waals surface area contributed by atoms with E-state index in [-0.39, 0.29) is 12.6 Å². The molecule has 0 saturated heterocycles. The van der Waals surface area contributed by atoms with Crippen molar-refractivity contribution in [2.75, 3.05) is 11.9 Å². The lowest BCUT2D eigenvalue weighted by Crippen LogP contribution is -2.27. The van der Waals surface area contributed by atoms with E-state index in [1.807, 2.05) is 0 Å². The van der Waals surface area contributed by atoms with Gasteiger partial charge < -0.3 is 10.4 Å². The number of hydrogen-bond acceptors (Lipinski definition) is 4. The van der Waals surface area contributed by atoms with E-state index in [1.165, 1.54) is 0 Å². The van der Waals surface area contributed by atoms with Crippen LogP contribution < -0.4 is 5.32 Å². The summed E-state index contributed by atoms with van der Waals surface area (Å²) in [6.07, 6.45) is 3.91. The third kappa shape index (κ3) is 3.21. The smallest absolute Gasteiger partial charge is 0.101 e. The highest BCUT2D eigenvalue weighted by atomic mass is 16.3. The van der Waals surface area contributed by atoms with E-state index in [4.69, 9.17) is 10.4 Å². The molecule has 1 aromatic heterocycles. The van der Waals surface area contributed by atoms with Crippen molar-refractivity contribution in [1.82, 2.24) is 4.98 Å². The lowest BCUT2D eigenvalue weighted by Gasteiger charge is -2.22. The Labute approximate surface area is 95.9 Å². The number of nitriles is 1. The molecule has 1 rings (SSSR count). The van der Waals surface area contributed by atoms with E-state index >= 15 is 0 Å². The minimum Gasteiger partial charge on any atom is -0.396 e. The number of pyridine rings is 1. The highest BCUT2D eigenvalue weighted by Gasteiger charge is 2.14. The highest BCUT2D eigenvalue weighted by molar-refractivity contribution is 5.55. The Kier molecular flexibility index (Phi) is 4.74. The van der Waals surface area contributed by atoms with Gasteiger partial charge in [-0.25, -0.2) is 0 Å². The largest absolute Gasteiger partial charge is 0.396 e. The molecule has 2 N–H and O–H groups in total. The van der Waals surface area contributed by atoms with Crippen molar-refractivity contribution >= 4 is 5.69 Å². The Morgan fingerprint density at radius 2 is 2.31 bits per heavy atom. The molecule has 4 nitrogen and oxygen atoms in total. The molecule has 1 heterocycles. The first-order chi connectivity index (χ1) is 7.69. The summed E-state index contributed by atoms with van der Waals surface area (Å²) in [6, 6.07) is 3.95. The molecule has 0 saturated carbocycles. The molecular formula is C12H17N3O. The summed E-state index contributed by atoms with van der Waals surface area (Å²) in [5.41, 5.74) is 1.32. The van der Waals surface area contributed by atoms with E-state index in [0.717, 1.165) is 5.69 Å². The Hall–Kier alpha value is -1.60. The van der Waals surface area contributed by atoms with Crippen LogP contribution in [0.5, 0.6) is 0 Å². The van der Waals surface area contributed by atoms with Crippen LogP contribution in [0.3, 0.4) is 0 Å². The number of rotatable bonds is 5. The number of nitrogens with one attached hydrogen (secondary N) is 1. The van der Waals surface area contributed by atoms with Gasteiger partial charge in [-0.3, -0.25) is 4.98 Å². The molecule has 0 aliphatic carbocycles.